The Bertz CT molecular complexity index is 554. The van der Waals surface area contributed by atoms with Gasteiger partial charge in [-0.2, -0.15) is 0 Å². The van der Waals surface area contributed by atoms with E-state index in [2.05, 4.69) is 21.2 Å². The Hall–Kier alpha value is -1.82. The van der Waals surface area contributed by atoms with Crippen LogP contribution in [0.25, 0.3) is 0 Å². The standard InChI is InChI=1S/C12H13N3O2S/c1-8-3-2-4-9(5-8)6-10-13-12(15-14-10)18-7-11(16)17/h2-5H,6-7H2,1H3,(H,16,17)(H,13,14,15). The molecule has 1 aromatic carbocycles. The molecule has 1 aromatic heterocycles. The molecular weight excluding hydrogens is 250 g/mol. The maximum Gasteiger partial charge on any atom is 0.313 e. The van der Waals surface area contributed by atoms with E-state index in [9.17, 15) is 4.79 Å². The van der Waals surface area contributed by atoms with E-state index in [1.54, 1.807) is 0 Å². The number of benzene rings is 1. The first-order valence-corrected chi connectivity index (χ1v) is 6.43. The van der Waals surface area contributed by atoms with Gasteiger partial charge in [-0.05, 0) is 12.5 Å². The van der Waals surface area contributed by atoms with Crippen molar-refractivity contribution in [3.05, 3.63) is 41.2 Å². The van der Waals surface area contributed by atoms with Crippen LogP contribution in [0.3, 0.4) is 0 Å². The van der Waals surface area contributed by atoms with Gasteiger partial charge in [0, 0.05) is 6.42 Å². The third kappa shape index (κ3) is 3.59. The number of aromatic nitrogens is 3. The van der Waals surface area contributed by atoms with Crippen molar-refractivity contribution in [3.63, 3.8) is 0 Å². The van der Waals surface area contributed by atoms with Crippen molar-refractivity contribution in [1.29, 1.82) is 0 Å². The van der Waals surface area contributed by atoms with E-state index in [0.717, 1.165) is 23.1 Å². The van der Waals surface area contributed by atoms with Crippen molar-refractivity contribution in [3.8, 4) is 0 Å². The molecule has 0 aliphatic rings. The monoisotopic (exact) mass is 263 g/mol. The lowest BCUT2D eigenvalue weighted by atomic mass is 10.1. The van der Waals surface area contributed by atoms with E-state index in [0.29, 0.717) is 11.6 Å². The fourth-order valence-corrected chi connectivity index (χ4v) is 2.10. The third-order valence-corrected chi connectivity index (χ3v) is 3.12. The maximum atomic E-state index is 10.4. The predicted octanol–water partition coefficient (Wildman–Crippen LogP) is 1.88. The summed E-state index contributed by atoms with van der Waals surface area (Å²) in [5.41, 5.74) is 2.36. The topological polar surface area (TPSA) is 78.9 Å². The fourth-order valence-electron chi connectivity index (χ4n) is 1.56. The smallest absolute Gasteiger partial charge is 0.313 e. The van der Waals surface area contributed by atoms with Crippen LogP contribution in [0.5, 0.6) is 0 Å². The minimum atomic E-state index is -0.870. The minimum Gasteiger partial charge on any atom is -0.481 e. The average molecular weight is 263 g/mol. The summed E-state index contributed by atoms with van der Waals surface area (Å²) in [6.45, 7) is 2.04. The molecule has 2 N–H and O–H groups in total. The normalized spacial score (nSPS) is 10.5. The summed E-state index contributed by atoms with van der Waals surface area (Å²) < 4.78 is 0. The van der Waals surface area contributed by atoms with Crippen LogP contribution in [-0.2, 0) is 11.2 Å². The lowest BCUT2D eigenvalue weighted by Crippen LogP contribution is -1.97. The zero-order chi connectivity index (χ0) is 13.0. The van der Waals surface area contributed by atoms with Crippen molar-refractivity contribution in [2.45, 2.75) is 18.5 Å². The Balaban J connectivity index is 2.00. The van der Waals surface area contributed by atoms with Gasteiger partial charge in [0.2, 0.25) is 5.16 Å². The van der Waals surface area contributed by atoms with E-state index >= 15 is 0 Å². The number of carbonyl (C=O) groups is 1. The molecule has 0 saturated heterocycles. The number of H-pyrrole nitrogens is 1. The molecule has 0 atom stereocenters. The zero-order valence-electron chi connectivity index (χ0n) is 9.88. The lowest BCUT2D eigenvalue weighted by molar-refractivity contribution is -0.133. The van der Waals surface area contributed by atoms with Gasteiger partial charge in [-0.25, -0.2) is 4.98 Å². The highest BCUT2D eigenvalue weighted by Crippen LogP contribution is 2.14. The quantitative estimate of drug-likeness (QED) is 0.805. The molecule has 1 heterocycles. The van der Waals surface area contributed by atoms with Crippen LogP contribution in [0.2, 0.25) is 0 Å². The predicted molar refractivity (Wildman–Crippen MR) is 68.7 cm³/mol. The van der Waals surface area contributed by atoms with Crippen LogP contribution >= 0.6 is 11.8 Å². The van der Waals surface area contributed by atoms with Gasteiger partial charge in [-0.3, -0.25) is 9.89 Å². The average Bonchev–Trinajstić information content (AvgIpc) is 2.74. The number of nitrogens with zero attached hydrogens (tertiary/aromatic N) is 2. The number of rotatable bonds is 5. The number of hydrogen-bond acceptors (Lipinski definition) is 4. The van der Waals surface area contributed by atoms with Gasteiger partial charge in [0.15, 0.2) is 0 Å². The van der Waals surface area contributed by atoms with Crippen molar-refractivity contribution in [1.82, 2.24) is 15.2 Å². The molecule has 2 rings (SSSR count). The first kappa shape index (κ1) is 12.6. The molecule has 0 amide bonds. The van der Waals surface area contributed by atoms with Gasteiger partial charge in [0.1, 0.15) is 5.82 Å². The number of hydrogen-bond donors (Lipinski definition) is 2. The van der Waals surface area contributed by atoms with E-state index in [1.807, 2.05) is 25.1 Å². The Morgan fingerprint density at radius 2 is 2.33 bits per heavy atom. The molecular formula is C12H13N3O2S. The largest absolute Gasteiger partial charge is 0.481 e. The highest BCUT2D eigenvalue weighted by molar-refractivity contribution is 7.99. The molecule has 0 fully saturated rings. The van der Waals surface area contributed by atoms with Crippen LogP contribution in [0.4, 0.5) is 0 Å². The molecule has 5 nitrogen and oxygen atoms in total. The number of carboxylic acids is 1. The highest BCUT2D eigenvalue weighted by Gasteiger charge is 2.07. The van der Waals surface area contributed by atoms with Crippen LogP contribution in [0.15, 0.2) is 29.4 Å². The SMILES string of the molecule is Cc1cccc(Cc2nc(SCC(=O)O)n[nH]2)c1. The molecule has 0 saturated carbocycles. The number of thioether (sulfide) groups is 1. The molecule has 0 unspecified atom stereocenters. The molecule has 2 aromatic rings. The molecule has 0 bridgehead atoms. The lowest BCUT2D eigenvalue weighted by Gasteiger charge is -1.98. The molecule has 0 radical (unpaired) electrons. The first-order chi connectivity index (χ1) is 8.63. The number of aromatic amines is 1. The summed E-state index contributed by atoms with van der Waals surface area (Å²) in [7, 11) is 0. The third-order valence-electron chi connectivity index (χ3n) is 2.29. The van der Waals surface area contributed by atoms with Gasteiger partial charge in [0.25, 0.3) is 0 Å². The van der Waals surface area contributed by atoms with Gasteiger partial charge in [-0.1, -0.05) is 41.6 Å². The van der Waals surface area contributed by atoms with Crippen LogP contribution in [-0.4, -0.2) is 32.0 Å². The molecule has 18 heavy (non-hydrogen) atoms. The molecule has 0 spiro atoms. The van der Waals surface area contributed by atoms with Crippen LogP contribution in [0.1, 0.15) is 17.0 Å². The minimum absolute atomic E-state index is 0.0261. The van der Waals surface area contributed by atoms with E-state index in [1.165, 1.54) is 5.56 Å². The van der Waals surface area contributed by atoms with Crippen molar-refractivity contribution < 1.29 is 9.90 Å². The number of carboxylic acid groups (broad SMARTS) is 1. The van der Waals surface area contributed by atoms with Crippen molar-refractivity contribution >= 4 is 17.7 Å². The van der Waals surface area contributed by atoms with E-state index in [-0.39, 0.29) is 5.75 Å². The molecule has 0 aliphatic carbocycles. The number of nitrogens with one attached hydrogen (secondary N) is 1. The van der Waals surface area contributed by atoms with Crippen LogP contribution < -0.4 is 0 Å². The van der Waals surface area contributed by atoms with Crippen molar-refractivity contribution in [2.75, 3.05) is 5.75 Å². The molecule has 94 valence electrons. The van der Waals surface area contributed by atoms with Gasteiger partial charge in [0.05, 0.1) is 5.75 Å². The summed E-state index contributed by atoms with van der Waals surface area (Å²) in [5.74, 6) is -0.152. The molecule has 6 heteroatoms. The maximum absolute atomic E-state index is 10.4. The Labute approximate surface area is 109 Å². The Morgan fingerprint density at radius 1 is 1.50 bits per heavy atom. The summed E-state index contributed by atoms with van der Waals surface area (Å²) >= 11 is 1.11. The number of aliphatic carboxylic acids is 1. The Morgan fingerprint density at radius 3 is 3.06 bits per heavy atom. The Kier molecular flexibility index (Phi) is 3.99. The van der Waals surface area contributed by atoms with E-state index < -0.39 is 5.97 Å². The van der Waals surface area contributed by atoms with Crippen molar-refractivity contribution in [2.24, 2.45) is 0 Å². The van der Waals surface area contributed by atoms with Gasteiger partial charge in [-0.15, -0.1) is 5.10 Å². The van der Waals surface area contributed by atoms with Gasteiger partial charge < -0.3 is 5.11 Å². The number of aryl methyl sites for hydroxylation is 1. The van der Waals surface area contributed by atoms with Gasteiger partial charge >= 0.3 is 5.97 Å². The summed E-state index contributed by atoms with van der Waals surface area (Å²) in [6, 6.07) is 8.16. The van der Waals surface area contributed by atoms with E-state index in [4.69, 9.17) is 5.11 Å². The first-order valence-electron chi connectivity index (χ1n) is 5.45. The second-order valence-corrected chi connectivity index (χ2v) is 4.86. The fraction of sp³-hybridized carbons (Fsp3) is 0.250. The second-order valence-electron chi connectivity index (χ2n) is 3.91. The molecule has 0 aliphatic heterocycles. The zero-order valence-corrected chi connectivity index (χ0v) is 10.7. The summed E-state index contributed by atoms with van der Waals surface area (Å²) in [5, 5.41) is 15.8. The highest BCUT2D eigenvalue weighted by atomic mass is 32.2. The second kappa shape index (κ2) is 5.68. The summed E-state index contributed by atoms with van der Waals surface area (Å²) in [6.07, 6.45) is 0.669. The summed E-state index contributed by atoms with van der Waals surface area (Å²) in [4.78, 5) is 14.7. The van der Waals surface area contributed by atoms with Crippen LogP contribution in [0, 0.1) is 6.92 Å².